The van der Waals surface area contributed by atoms with Crippen LogP contribution in [-0.4, -0.2) is 16.2 Å². The molecule has 0 amide bonds. The number of benzene rings is 1. The molecule has 0 bridgehead atoms. The van der Waals surface area contributed by atoms with Crippen LogP contribution < -0.4 is 0 Å². The van der Waals surface area contributed by atoms with Crippen molar-refractivity contribution in [2.45, 2.75) is 0 Å². The summed E-state index contributed by atoms with van der Waals surface area (Å²) in [7, 11) is 0. The molecule has 2 N–H and O–H groups in total. The first-order valence-corrected chi connectivity index (χ1v) is 2.73. The number of rotatable bonds is 1. The van der Waals surface area contributed by atoms with E-state index in [1.165, 1.54) is 12.1 Å². The molecule has 3 nitrogen and oxygen atoms in total. The second-order valence-corrected chi connectivity index (χ2v) is 1.82. The predicted octanol–water partition coefficient (Wildman–Crippen LogP) is 1.09. The lowest BCUT2D eigenvalue weighted by molar-refractivity contribution is 0.0694. The first-order chi connectivity index (χ1) is 4.72. The molecular weight excluding hydrogens is 131 g/mol. The Morgan fingerprint density at radius 3 is 2.30 bits per heavy atom. The van der Waals surface area contributed by atoms with Crippen molar-refractivity contribution in [3.63, 3.8) is 0 Å². The van der Waals surface area contributed by atoms with Gasteiger partial charge in [-0.2, -0.15) is 0 Å². The SMILES string of the molecule is O=[11C](O)c1ccccc1O. The Hall–Kier alpha value is -1.51. The number of carboxylic acids is 1. The van der Waals surface area contributed by atoms with Crippen molar-refractivity contribution in [1.82, 2.24) is 0 Å². The molecule has 0 unspecified atom stereocenters. The molecule has 0 fully saturated rings. The third-order valence-corrected chi connectivity index (χ3v) is 1.13. The molecule has 0 saturated heterocycles. The summed E-state index contributed by atoms with van der Waals surface area (Å²) in [6.45, 7) is 0. The molecule has 1 aromatic carbocycles. The maximum Gasteiger partial charge on any atom is 0.339 e. The topological polar surface area (TPSA) is 57.5 Å². The highest BCUT2D eigenvalue weighted by Gasteiger charge is 2.05. The van der Waals surface area contributed by atoms with Crippen molar-refractivity contribution in [3.05, 3.63) is 29.8 Å². The number of aromatic carboxylic acids is 1. The smallest absolute Gasteiger partial charge is 0.339 e. The summed E-state index contributed by atoms with van der Waals surface area (Å²) in [4.78, 5) is 10.3. The molecule has 0 heterocycles. The zero-order valence-electron chi connectivity index (χ0n) is 5.11. The minimum atomic E-state index is -1.11. The molecule has 0 aromatic heterocycles. The van der Waals surface area contributed by atoms with E-state index in [-0.39, 0.29) is 11.3 Å². The van der Waals surface area contributed by atoms with Gasteiger partial charge >= 0.3 is 5.97 Å². The van der Waals surface area contributed by atoms with E-state index in [4.69, 9.17) is 10.2 Å². The number of para-hydroxylation sites is 1. The van der Waals surface area contributed by atoms with Crippen LogP contribution in [0.4, 0.5) is 0 Å². The second kappa shape index (κ2) is 2.39. The van der Waals surface area contributed by atoms with Crippen LogP contribution in [0.25, 0.3) is 0 Å². The van der Waals surface area contributed by atoms with E-state index < -0.39 is 5.97 Å². The first-order valence-electron chi connectivity index (χ1n) is 2.73. The third-order valence-electron chi connectivity index (χ3n) is 1.13. The summed E-state index contributed by atoms with van der Waals surface area (Å²) in [5, 5.41) is 17.3. The second-order valence-electron chi connectivity index (χ2n) is 1.82. The molecule has 3 heteroatoms. The fraction of sp³-hybridized carbons (Fsp3) is 0. The van der Waals surface area contributed by atoms with E-state index >= 15 is 0 Å². The van der Waals surface area contributed by atoms with Gasteiger partial charge in [0.15, 0.2) is 0 Å². The van der Waals surface area contributed by atoms with Crippen molar-refractivity contribution in [1.29, 1.82) is 0 Å². The van der Waals surface area contributed by atoms with E-state index in [2.05, 4.69) is 0 Å². The Labute approximate surface area is 57.5 Å². The molecule has 0 aliphatic rings. The first kappa shape index (κ1) is 6.61. The van der Waals surface area contributed by atoms with Crippen LogP contribution >= 0.6 is 0 Å². The molecule has 1 aromatic rings. The van der Waals surface area contributed by atoms with Gasteiger partial charge in [-0.15, -0.1) is 0 Å². The highest BCUT2D eigenvalue weighted by Crippen LogP contribution is 2.14. The summed E-state index contributed by atoms with van der Waals surface area (Å²) in [6.07, 6.45) is 0. The quantitative estimate of drug-likeness (QED) is 0.609. The van der Waals surface area contributed by atoms with E-state index in [0.29, 0.717) is 0 Å². The van der Waals surface area contributed by atoms with Crippen molar-refractivity contribution in [3.8, 4) is 5.75 Å². The fourth-order valence-electron chi connectivity index (χ4n) is 0.654. The highest BCUT2D eigenvalue weighted by molar-refractivity contribution is 5.90. The maximum absolute atomic E-state index is 10.3. The van der Waals surface area contributed by atoms with Crippen molar-refractivity contribution < 1.29 is 15.0 Å². The number of phenols is 1. The van der Waals surface area contributed by atoms with Crippen molar-refractivity contribution >= 4 is 5.97 Å². The molecule has 1 rings (SSSR count). The fourth-order valence-corrected chi connectivity index (χ4v) is 0.654. The molecule has 0 aliphatic carbocycles. The average Bonchev–Trinajstić information content (AvgIpc) is 1.88. The Kier molecular flexibility index (Phi) is 1.58. The minimum Gasteiger partial charge on any atom is -0.507 e. The van der Waals surface area contributed by atoms with Gasteiger partial charge in [0.05, 0.1) is 0 Å². The molecule has 0 atom stereocenters. The van der Waals surface area contributed by atoms with Gasteiger partial charge in [-0.05, 0) is 12.1 Å². The molecule has 0 aliphatic heterocycles. The van der Waals surface area contributed by atoms with Crippen LogP contribution in [0.15, 0.2) is 24.3 Å². The standard InChI is InChI=1S/C7H6O3/c8-6-4-2-1-3-5(6)7(9)10/h1-4,8H,(H,9,10)/i7-1. The maximum atomic E-state index is 10.3. The Balaban J connectivity index is 3.15. The zero-order chi connectivity index (χ0) is 7.56. The number of hydrogen-bond acceptors (Lipinski definition) is 2. The summed E-state index contributed by atoms with van der Waals surface area (Å²) >= 11 is 0. The van der Waals surface area contributed by atoms with Gasteiger partial charge < -0.3 is 10.2 Å². The lowest BCUT2D eigenvalue weighted by Gasteiger charge is -1.95. The molecule has 52 valence electrons. The molecule has 0 spiro atoms. The Morgan fingerprint density at radius 2 is 1.90 bits per heavy atom. The van der Waals surface area contributed by atoms with E-state index in [1.807, 2.05) is 0 Å². The number of carbonyl (C=O) groups is 1. The number of hydrogen-bond donors (Lipinski definition) is 2. The largest absolute Gasteiger partial charge is 0.507 e. The van der Waals surface area contributed by atoms with Crippen molar-refractivity contribution in [2.75, 3.05) is 0 Å². The van der Waals surface area contributed by atoms with E-state index in [9.17, 15) is 4.79 Å². The Morgan fingerprint density at radius 1 is 1.30 bits per heavy atom. The van der Waals surface area contributed by atoms with Gasteiger partial charge in [0.1, 0.15) is 11.3 Å². The van der Waals surface area contributed by atoms with Crippen molar-refractivity contribution in [2.24, 2.45) is 0 Å². The monoisotopic (exact) mass is 137 g/mol. The van der Waals surface area contributed by atoms with Crippen LogP contribution in [0, 0.1) is 0 Å². The number of carboxylic acid groups (broad SMARTS) is 1. The van der Waals surface area contributed by atoms with E-state index in [1.54, 1.807) is 12.1 Å². The summed E-state index contributed by atoms with van der Waals surface area (Å²) in [5.74, 6) is -1.31. The summed E-state index contributed by atoms with van der Waals surface area (Å²) in [6, 6.07) is 5.81. The van der Waals surface area contributed by atoms with E-state index in [0.717, 1.165) is 0 Å². The zero-order valence-corrected chi connectivity index (χ0v) is 5.11. The third kappa shape index (κ3) is 1.07. The van der Waals surface area contributed by atoms with Crippen LogP contribution in [-0.2, 0) is 0 Å². The molecule has 0 radical (unpaired) electrons. The average molecular weight is 137 g/mol. The van der Waals surface area contributed by atoms with Crippen LogP contribution in [0.1, 0.15) is 10.4 Å². The van der Waals surface area contributed by atoms with Gasteiger partial charge in [-0.3, -0.25) is 0 Å². The van der Waals surface area contributed by atoms with Crippen LogP contribution in [0.5, 0.6) is 5.75 Å². The molecular formula is C7H6O3. The lowest BCUT2D eigenvalue weighted by Crippen LogP contribution is -1.95. The number of aromatic hydroxyl groups is 1. The van der Waals surface area contributed by atoms with Gasteiger partial charge in [-0.25, -0.2) is 4.79 Å². The minimum absolute atomic E-state index is 0.0671. The molecule has 0 saturated carbocycles. The summed E-state index contributed by atoms with van der Waals surface area (Å²) < 4.78 is 0. The summed E-state index contributed by atoms with van der Waals surface area (Å²) in [5.41, 5.74) is -0.0671. The molecule has 10 heavy (non-hydrogen) atoms. The van der Waals surface area contributed by atoms with Gasteiger partial charge in [0.2, 0.25) is 0 Å². The lowest BCUT2D eigenvalue weighted by atomic mass is 9.93. The highest BCUT2D eigenvalue weighted by atomic mass is 16.3. The predicted molar refractivity (Wildman–Crippen MR) is 35.1 cm³/mol. The van der Waals surface area contributed by atoms with Crippen LogP contribution in [0.2, 0.25) is 0 Å². The van der Waals surface area contributed by atoms with Gasteiger partial charge in [-0.1, -0.05) is 12.1 Å². The van der Waals surface area contributed by atoms with Gasteiger partial charge in [0.25, 0.3) is 0 Å². The van der Waals surface area contributed by atoms with Gasteiger partial charge in [0, 0.05) is 0 Å². The Bertz CT molecular complexity index is 255. The van der Waals surface area contributed by atoms with Crippen LogP contribution in [0.3, 0.4) is 0 Å². The normalized spacial score (nSPS) is 9.20.